The fourth-order valence-electron chi connectivity index (χ4n) is 2.57. The molecule has 1 aromatic rings. The number of pyridine rings is 1. The lowest BCUT2D eigenvalue weighted by Gasteiger charge is -2.33. The van der Waals surface area contributed by atoms with E-state index in [1.807, 2.05) is 26.0 Å². The second kappa shape index (κ2) is 4.92. The van der Waals surface area contributed by atoms with Crippen LogP contribution in [0.2, 0.25) is 5.15 Å². The molecule has 3 nitrogen and oxygen atoms in total. The van der Waals surface area contributed by atoms with Crippen molar-refractivity contribution in [3.63, 3.8) is 0 Å². The summed E-state index contributed by atoms with van der Waals surface area (Å²) < 4.78 is 0. The van der Waals surface area contributed by atoms with Crippen LogP contribution in [-0.2, 0) is 6.54 Å². The molecule has 0 radical (unpaired) electrons. The lowest BCUT2D eigenvalue weighted by Crippen LogP contribution is -2.45. The van der Waals surface area contributed by atoms with Crippen molar-refractivity contribution >= 4 is 11.6 Å². The van der Waals surface area contributed by atoms with E-state index < -0.39 is 5.60 Å². The van der Waals surface area contributed by atoms with Crippen LogP contribution in [0, 0.1) is 0 Å². The van der Waals surface area contributed by atoms with Gasteiger partial charge in [-0.1, -0.05) is 17.7 Å². The Morgan fingerprint density at radius 3 is 3.00 bits per heavy atom. The highest BCUT2D eigenvalue weighted by molar-refractivity contribution is 6.30. The van der Waals surface area contributed by atoms with E-state index in [0.717, 1.165) is 31.5 Å². The zero-order valence-corrected chi connectivity index (χ0v) is 11.1. The summed E-state index contributed by atoms with van der Waals surface area (Å²) >= 11 is 6.06. The first-order valence-electron chi connectivity index (χ1n) is 6.04. The molecule has 1 atom stereocenters. The molecule has 0 aromatic carbocycles. The van der Waals surface area contributed by atoms with Crippen LogP contribution in [0.1, 0.15) is 32.3 Å². The van der Waals surface area contributed by atoms with Crippen LogP contribution in [0.15, 0.2) is 18.3 Å². The Hall–Kier alpha value is -0.640. The molecule has 1 fully saturated rings. The van der Waals surface area contributed by atoms with E-state index in [0.29, 0.717) is 5.15 Å². The fraction of sp³-hybridized carbons (Fsp3) is 0.615. The molecule has 0 amide bonds. The molecule has 1 unspecified atom stereocenters. The van der Waals surface area contributed by atoms with Crippen molar-refractivity contribution in [2.24, 2.45) is 0 Å². The number of halogens is 1. The third-order valence-electron chi connectivity index (χ3n) is 3.39. The lowest BCUT2D eigenvalue weighted by atomic mass is 9.96. The molecule has 0 saturated carbocycles. The van der Waals surface area contributed by atoms with Gasteiger partial charge in [-0.2, -0.15) is 0 Å². The molecular formula is C13H19ClN2O. The first-order valence-corrected chi connectivity index (χ1v) is 6.42. The second-order valence-corrected chi connectivity index (χ2v) is 5.59. The molecule has 17 heavy (non-hydrogen) atoms. The maximum Gasteiger partial charge on any atom is 0.133 e. The maximum atomic E-state index is 10.1. The van der Waals surface area contributed by atoms with Crippen LogP contribution in [0.4, 0.5) is 0 Å². The van der Waals surface area contributed by atoms with Gasteiger partial charge in [-0.15, -0.1) is 0 Å². The number of nitrogens with zero attached hydrogens (tertiary/aromatic N) is 2. The van der Waals surface area contributed by atoms with Crippen molar-refractivity contribution < 1.29 is 5.11 Å². The summed E-state index contributed by atoms with van der Waals surface area (Å²) in [5.41, 5.74) is 0.371. The SMILES string of the molecule is CC(C)(O)C1CCCN1Cc1cccnc1Cl. The van der Waals surface area contributed by atoms with Crippen LogP contribution in [0.25, 0.3) is 0 Å². The van der Waals surface area contributed by atoms with E-state index in [2.05, 4.69) is 9.88 Å². The number of aliphatic hydroxyl groups is 1. The van der Waals surface area contributed by atoms with E-state index in [-0.39, 0.29) is 6.04 Å². The third-order valence-corrected chi connectivity index (χ3v) is 3.73. The van der Waals surface area contributed by atoms with Crippen molar-refractivity contribution in [2.45, 2.75) is 44.9 Å². The van der Waals surface area contributed by atoms with Gasteiger partial charge >= 0.3 is 0 Å². The predicted molar refractivity (Wildman–Crippen MR) is 69.0 cm³/mol. The van der Waals surface area contributed by atoms with Gasteiger partial charge < -0.3 is 5.11 Å². The number of hydrogen-bond acceptors (Lipinski definition) is 3. The zero-order chi connectivity index (χ0) is 12.5. The average molecular weight is 255 g/mol. The fourth-order valence-corrected chi connectivity index (χ4v) is 2.75. The van der Waals surface area contributed by atoms with E-state index in [1.54, 1.807) is 6.20 Å². The normalized spacial score (nSPS) is 22.0. The Balaban J connectivity index is 2.11. The van der Waals surface area contributed by atoms with E-state index >= 15 is 0 Å². The Bertz CT molecular complexity index is 389. The Labute approximate surface area is 107 Å². The number of hydrogen-bond donors (Lipinski definition) is 1. The summed E-state index contributed by atoms with van der Waals surface area (Å²) in [5, 5.41) is 10.7. The van der Waals surface area contributed by atoms with E-state index in [9.17, 15) is 5.11 Å². The van der Waals surface area contributed by atoms with Gasteiger partial charge in [0.15, 0.2) is 0 Å². The Morgan fingerprint density at radius 2 is 2.35 bits per heavy atom. The minimum Gasteiger partial charge on any atom is -0.389 e. The monoisotopic (exact) mass is 254 g/mol. The van der Waals surface area contributed by atoms with Gasteiger partial charge in [-0.3, -0.25) is 4.90 Å². The van der Waals surface area contributed by atoms with Gasteiger partial charge in [0, 0.05) is 24.3 Å². The molecular weight excluding hydrogens is 236 g/mol. The molecule has 94 valence electrons. The zero-order valence-electron chi connectivity index (χ0n) is 10.4. The summed E-state index contributed by atoms with van der Waals surface area (Å²) in [6, 6.07) is 4.10. The first kappa shape index (κ1) is 12.8. The summed E-state index contributed by atoms with van der Waals surface area (Å²) in [4.78, 5) is 6.38. The quantitative estimate of drug-likeness (QED) is 0.842. The minimum atomic E-state index is -0.662. The molecule has 4 heteroatoms. The standard InChI is InChI=1S/C13H19ClN2O/c1-13(2,17)11-6-4-8-16(11)9-10-5-3-7-15-12(10)14/h3,5,7,11,17H,4,6,8-9H2,1-2H3. The summed E-state index contributed by atoms with van der Waals surface area (Å²) in [7, 11) is 0. The number of likely N-dealkylation sites (tertiary alicyclic amines) is 1. The van der Waals surface area contributed by atoms with Gasteiger partial charge in [0.1, 0.15) is 5.15 Å². The number of rotatable bonds is 3. The maximum absolute atomic E-state index is 10.1. The van der Waals surface area contributed by atoms with E-state index in [4.69, 9.17) is 11.6 Å². The summed E-state index contributed by atoms with van der Waals surface area (Å²) in [6.07, 6.45) is 3.87. The van der Waals surface area contributed by atoms with Crippen LogP contribution in [0.3, 0.4) is 0 Å². The molecule has 1 saturated heterocycles. The molecule has 0 aliphatic carbocycles. The highest BCUT2D eigenvalue weighted by Gasteiger charge is 2.35. The number of aromatic nitrogens is 1. The van der Waals surface area contributed by atoms with Crippen LogP contribution >= 0.6 is 11.6 Å². The highest BCUT2D eigenvalue weighted by Crippen LogP contribution is 2.29. The van der Waals surface area contributed by atoms with Gasteiger partial charge in [-0.25, -0.2) is 4.98 Å². The van der Waals surface area contributed by atoms with Gasteiger partial charge in [0.25, 0.3) is 0 Å². The molecule has 0 bridgehead atoms. The van der Waals surface area contributed by atoms with Crippen molar-refractivity contribution in [3.05, 3.63) is 29.0 Å². The average Bonchev–Trinajstić information content (AvgIpc) is 2.69. The molecule has 1 N–H and O–H groups in total. The van der Waals surface area contributed by atoms with Crippen LogP contribution in [0.5, 0.6) is 0 Å². The van der Waals surface area contributed by atoms with Crippen molar-refractivity contribution in [3.8, 4) is 0 Å². The summed E-state index contributed by atoms with van der Waals surface area (Å²) in [6.45, 7) is 5.53. The third kappa shape index (κ3) is 2.97. The largest absolute Gasteiger partial charge is 0.389 e. The molecule has 0 spiro atoms. The van der Waals surface area contributed by atoms with Crippen molar-refractivity contribution in [1.29, 1.82) is 0 Å². The molecule has 2 rings (SSSR count). The van der Waals surface area contributed by atoms with Gasteiger partial charge in [0.05, 0.1) is 5.60 Å². The van der Waals surface area contributed by atoms with Crippen molar-refractivity contribution in [1.82, 2.24) is 9.88 Å². The molecule has 1 aliphatic heterocycles. The highest BCUT2D eigenvalue weighted by atomic mass is 35.5. The molecule has 1 aliphatic rings. The smallest absolute Gasteiger partial charge is 0.133 e. The van der Waals surface area contributed by atoms with Crippen LogP contribution in [-0.4, -0.2) is 33.2 Å². The first-order chi connectivity index (χ1) is 7.98. The van der Waals surface area contributed by atoms with Crippen LogP contribution < -0.4 is 0 Å². The van der Waals surface area contributed by atoms with E-state index in [1.165, 1.54) is 0 Å². The Kier molecular flexibility index (Phi) is 3.71. The lowest BCUT2D eigenvalue weighted by molar-refractivity contribution is -0.00503. The second-order valence-electron chi connectivity index (χ2n) is 5.24. The Morgan fingerprint density at radius 1 is 1.59 bits per heavy atom. The predicted octanol–water partition coefficient (Wildman–Crippen LogP) is 2.47. The summed E-state index contributed by atoms with van der Waals surface area (Å²) in [5.74, 6) is 0. The van der Waals surface area contributed by atoms with Gasteiger partial charge in [-0.05, 0) is 39.3 Å². The molecule has 1 aromatic heterocycles. The van der Waals surface area contributed by atoms with Gasteiger partial charge in [0.2, 0.25) is 0 Å². The molecule has 2 heterocycles. The van der Waals surface area contributed by atoms with Crippen molar-refractivity contribution in [2.75, 3.05) is 6.54 Å². The topological polar surface area (TPSA) is 36.4 Å². The minimum absolute atomic E-state index is 0.207.